The lowest BCUT2D eigenvalue weighted by molar-refractivity contribution is -0.114. The Morgan fingerprint density at radius 1 is 1.22 bits per heavy atom. The van der Waals surface area contributed by atoms with E-state index < -0.39 is 0 Å². The Labute approximate surface area is 189 Å². The van der Waals surface area contributed by atoms with Crippen LogP contribution in [0, 0.1) is 6.92 Å². The van der Waals surface area contributed by atoms with Crippen LogP contribution in [0.1, 0.15) is 46.6 Å². The monoisotopic (exact) mass is 448 g/mol. The minimum absolute atomic E-state index is 0.215. The summed E-state index contributed by atoms with van der Waals surface area (Å²) in [4.78, 5) is 38.1. The molecule has 0 aliphatic carbocycles. The number of imidazole rings is 1. The lowest BCUT2D eigenvalue weighted by Gasteiger charge is -2.14. The van der Waals surface area contributed by atoms with Crippen LogP contribution in [0.15, 0.2) is 48.2 Å². The summed E-state index contributed by atoms with van der Waals surface area (Å²) in [5.74, 6) is -0.463. The van der Waals surface area contributed by atoms with Gasteiger partial charge in [-0.15, -0.1) is 11.3 Å². The van der Waals surface area contributed by atoms with Gasteiger partial charge in [0.1, 0.15) is 5.01 Å². The summed E-state index contributed by atoms with van der Waals surface area (Å²) < 4.78 is 1.97. The van der Waals surface area contributed by atoms with Gasteiger partial charge in [0.15, 0.2) is 0 Å². The van der Waals surface area contributed by atoms with Crippen molar-refractivity contribution in [1.29, 1.82) is 0 Å². The number of anilines is 1. The highest BCUT2D eigenvalue weighted by Crippen LogP contribution is 2.26. The second-order valence-corrected chi connectivity index (χ2v) is 8.49. The largest absolute Gasteiger partial charge is 0.343 e. The maximum absolute atomic E-state index is 12.9. The van der Waals surface area contributed by atoms with Gasteiger partial charge in [-0.3, -0.25) is 14.6 Å². The molecule has 0 saturated carbocycles. The molecule has 4 aromatic rings. The first-order valence-corrected chi connectivity index (χ1v) is 11.2. The number of nitrogens with one attached hydrogen (secondary N) is 2. The van der Waals surface area contributed by atoms with E-state index in [4.69, 9.17) is 0 Å². The summed E-state index contributed by atoms with van der Waals surface area (Å²) in [6.07, 6.45) is 4.21. The zero-order valence-electron chi connectivity index (χ0n) is 18.1. The van der Waals surface area contributed by atoms with Crippen molar-refractivity contribution >= 4 is 39.9 Å². The normalized spacial score (nSPS) is 12.0. The Balaban J connectivity index is 1.61. The molecule has 164 valence electrons. The van der Waals surface area contributed by atoms with Crippen LogP contribution >= 0.6 is 11.3 Å². The molecule has 0 fully saturated rings. The predicted octanol–water partition coefficient (Wildman–Crippen LogP) is 3.89. The third-order valence-electron chi connectivity index (χ3n) is 4.98. The van der Waals surface area contributed by atoms with Gasteiger partial charge in [-0.1, -0.05) is 6.07 Å². The van der Waals surface area contributed by atoms with Gasteiger partial charge in [-0.2, -0.15) is 0 Å². The maximum Gasteiger partial charge on any atom is 0.251 e. The molecule has 4 rings (SSSR count). The third-order valence-corrected chi connectivity index (χ3v) is 6.12. The lowest BCUT2D eigenvalue weighted by Crippen LogP contribution is -2.26. The third kappa shape index (κ3) is 4.83. The van der Waals surface area contributed by atoms with Crippen molar-refractivity contribution in [3.05, 3.63) is 70.2 Å². The highest BCUT2D eigenvalue weighted by molar-refractivity contribution is 7.09. The Morgan fingerprint density at radius 3 is 2.75 bits per heavy atom. The lowest BCUT2D eigenvalue weighted by atomic mass is 10.1. The SMILES string of the molecule is CC(=O)Nc1cc(C(=O)N[C@@H](C)c2nc(C)cs2)cc2ncn(CCc3ccccn3)c12. The zero-order valence-corrected chi connectivity index (χ0v) is 18.9. The van der Waals surface area contributed by atoms with E-state index in [0.717, 1.165) is 28.3 Å². The summed E-state index contributed by atoms with van der Waals surface area (Å²) in [7, 11) is 0. The molecule has 0 radical (unpaired) electrons. The van der Waals surface area contributed by atoms with E-state index in [1.54, 1.807) is 24.7 Å². The van der Waals surface area contributed by atoms with Crippen molar-refractivity contribution in [2.75, 3.05) is 5.32 Å². The molecule has 8 nitrogen and oxygen atoms in total. The first-order valence-electron chi connectivity index (χ1n) is 10.3. The minimum Gasteiger partial charge on any atom is -0.343 e. The van der Waals surface area contributed by atoms with Crippen LogP contribution in [-0.2, 0) is 17.8 Å². The van der Waals surface area contributed by atoms with E-state index in [1.807, 2.05) is 42.0 Å². The first-order chi connectivity index (χ1) is 15.4. The van der Waals surface area contributed by atoms with E-state index in [2.05, 4.69) is 25.6 Å². The van der Waals surface area contributed by atoms with Gasteiger partial charge in [0.2, 0.25) is 5.91 Å². The Morgan fingerprint density at radius 2 is 2.06 bits per heavy atom. The van der Waals surface area contributed by atoms with Crippen molar-refractivity contribution in [2.45, 2.75) is 39.8 Å². The van der Waals surface area contributed by atoms with Crippen LogP contribution in [0.3, 0.4) is 0 Å². The van der Waals surface area contributed by atoms with Crippen LogP contribution in [0.5, 0.6) is 0 Å². The number of pyridine rings is 1. The van der Waals surface area contributed by atoms with E-state index in [1.165, 1.54) is 18.3 Å². The van der Waals surface area contributed by atoms with Crippen molar-refractivity contribution in [3.8, 4) is 0 Å². The molecule has 0 bridgehead atoms. The number of amides is 2. The molecule has 0 aliphatic heterocycles. The second-order valence-electron chi connectivity index (χ2n) is 7.60. The zero-order chi connectivity index (χ0) is 22.7. The molecule has 0 spiro atoms. The van der Waals surface area contributed by atoms with Gasteiger partial charge < -0.3 is 15.2 Å². The van der Waals surface area contributed by atoms with Gasteiger partial charge in [0, 0.05) is 48.4 Å². The van der Waals surface area contributed by atoms with Gasteiger partial charge in [-0.05, 0) is 38.1 Å². The number of nitrogens with zero attached hydrogens (tertiary/aromatic N) is 4. The Kier molecular flexibility index (Phi) is 6.27. The molecule has 3 aromatic heterocycles. The van der Waals surface area contributed by atoms with Crippen molar-refractivity contribution < 1.29 is 9.59 Å². The molecule has 32 heavy (non-hydrogen) atoms. The van der Waals surface area contributed by atoms with Crippen LogP contribution in [0.25, 0.3) is 11.0 Å². The van der Waals surface area contributed by atoms with Gasteiger partial charge in [0.05, 0.1) is 29.1 Å². The number of hydrogen-bond donors (Lipinski definition) is 2. The summed E-state index contributed by atoms with van der Waals surface area (Å²) >= 11 is 1.51. The number of fused-ring (bicyclic) bond motifs is 1. The number of aryl methyl sites for hydroxylation is 3. The minimum atomic E-state index is -0.248. The quantitative estimate of drug-likeness (QED) is 0.447. The second kappa shape index (κ2) is 9.27. The van der Waals surface area contributed by atoms with Crippen molar-refractivity contribution in [2.24, 2.45) is 0 Å². The molecular weight excluding hydrogens is 424 g/mol. The molecule has 2 N–H and O–H groups in total. The highest BCUT2D eigenvalue weighted by Gasteiger charge is 2.18. The topological polar surface area (TPSA) is 102 Å². The van der Waals surface area contributed by atoms with E-state index in [9.17, 15) is 9.59 Å². The maximum atomic E-state index is 12.9. The van der Waals surface area contributed by atoms with Crippen molar-refractivity contribution in [1.82, 2.24) is 24.8 Å². The number of thiazole rings is 1. The van der Waals surface area contributed by atoms with Crippen LogP contribution < -0.4 is 10.6 Å². The summed E-state index contributed by atoms with van der Waals surface area (Å²) in [5.41, 5.74) is 4.29. The summed E-state index contributed by atoms with van der Waals surface area (Å²) in [6.45, 7) is 5.91. The molecule has 3 heterocycles. The summed E-state index contributed by atoms with van der Waals surface area (Å²) in [6, 6.07) is 9.02. The van der Waals surface area contributed by atoms with Crippen LogP contribution in [0.2, 0.25) is 0 Å². The Hall–Kier alpha value is -3.59. The molecule has 0 aliphatic rings. The van der Waals surface area contributed by atoms with Gasteiger partial charge in [0.25, 0.3) is 5.91 Å². The fourth-order valence-corrected chi connectivity index (χ4v) is 4.29. The standard InChI is InChI=1S/C23H24N6O2S/c1-14-12-32-23(26-14)15(2)27-22(31)17-10-19-21(20(11-17)28-16(3)30)29(13-25-19)9-7-18-6-4-5-8-24-18/h4-6,8,10-13,15H,7,9H2,1-3H3,(H,27,31)(H,28,30)/t15-/m0/s1. The van der Waals surface area contributed by atoms with Gasteiger partial charge in [-0.25, -0.2) is 9.97 Å². The number of carbonyl (C=O) groups excluding carboxylic acids is 2. The number of hydrogen-bond acceptors (Lipinski definition) is 6. The molecule has 9 heteroatoms. The number of benzene rings is 1. The molecule has 0 saturated heterocycles. The van der Waals surface area contributed by atoms with E-state index >= 15 is 0 Å². The number of carbonyl (C=O) groups is 2. The average molecular weight is 449 g/mol. The van der Waals surface area contributed by atoms with Crippen LogP contribution in [-0.4, -0.2) is 31.3 Å². The summed E-state index contributed by atoms with van der Waals surface area (Å²) in [5, 5.41) is 8.63. The van der Waals surface area contributed by atoms with E-state index in [0.29, 0.717) is 23.3 Å². The fourth-order valence-electron chi connectivity index (χ4n) is 3.49. The van der Waals surface area contributed by atoms with Gasteiger partial charge >= 0.3 is 0 Å². The highest BCUT2D eigenvalue weighted by atomic mass is 32.1. The number of rotatable bonds is 7. The molecule has 1 atom stereocenters. The van der Waals surface area contributed by atoms with Crippen LogP contribution in [0.4, 0.5) is 5.69 Å². The molecule has 0 unspecified atom stereocenters. The number of aromatic nitrogens is 4. The smallest absolute Gasteiger partial charge is 0.251 e. The average Bonchev–Trinajstić information content (AvgIpc) is 3.39. The molecule has 1 aromatic carbocycles. The Bertz CT molecular complexity index is 1260. The predicted molar refractivity (Wildman–Crippen MR) is 125 cm³/mol. The van der Waals surface area contributed by atoms with E-state index in [-0.39, 0.29) is 17.9 Å². The molecular formula is C23H24N6O2S. The molecule has 2 amide bonds. The first kappa shape index (κ1) is 21.6. The van der Waals surface area contributed by atoms with Crippen molar-refractivity contribution in [3.63, 3.8) is 0 Å². The fraction of sp³-hybridized carbons (Fsp3) is 0.261.